The Morgan fingerprint density at radius 1 is 1.23 bits per heavy atom. The number of aliphatic hydroxyl groups excluding tert-OH is 3. The van der Waals surface area contributed by atoms with Crippen LogP contribution in [0.15, 0.2) is 6.33 Å². The Bertz CT molecular complexity index is 779. The third-order valence-corrected chi connectivity index (χ3v) is 3.52. The zero-order chi connectivity index (χ0) is 16.0. The average Bonchev–Trinajstić information content (AvgIpc) is 2.98. The van der Waals surface area contributed by atoms with Crippen LogP contribution in [0.25, 0.3) is 11.0 Å². The van der Waals surface area contributed by atoms with Crippen molar-refractivity contribution in [3.8, 4) is 0 Å². The molecule has 0 spiro atoms. The Kier molecular flexibility index (Phi) is 3.41. The first kappa shape index (κ1) is 14.6. The SMILES string of the molecule is N=c1nc(N)c2ncn(C3O[C@H](CO)[C@@H](O)[C@H]3O)c2c(N)n1. The van der Waals surface area contributed by atoms with E-state index >= 15 is 0 Å². The van der Waals surface area contributed by atoms with E-state index in [-0.39, 0.29) is 28.3 Å². The molecule has 0 aliphatic carbocycles. The number of nitrogens with one attached hydrogen (secondary N) is 1. The number of nitrogens with zero attached hydrogens (tertiary/aromatic N) is 4. The molecule has 2 aromatic heterocycles. The predicted octanol–water partition coefficient (Wildman–Crippen LogP) is -2.92. The van der Waals surface area contributed by atoms with Gasteiger partial charge in [0.1, 0.15) is 29.3 Å². The lowest BCUT2D eigenvalue weighted by molar-refractivity contribution is -0.0508. The molecular formula is C11H15N7O4. The van der Waals surface area contributed by atoms with Gasteiger partial charge in [-0.25, -0.2) is 4.98 Å². The first-order chi connectivity index (χ1) is 10.4. The van der Waals surface area contributed by atoms with Crippen LogP contribution in [0.5, 0.6) is 0 Å². The van der Waals surface area contributed by atoms with E-state index in [0.29, 0.717) is 0 Å². The van der Waals surface area contributed by atoms with E-state index in [0.717, 1.165) is 0 Å². The molecule has 0 saturated carbocycles. The summed E-state index contributed by atoms with van der Waals surface area (Å²) < 4.78 is 6.77. The molecule has 3 rings (SSSR count). The van der Waals surface area contributed by atoms with Crippen molar-refractivity contribution in [1.82, 2.24) is 19.5 Å². The molecule has 22 heavy (non-hydrogen) atoms. The molecule has 4 atom stereocenters. The van der Waals surface area contributed by atoms with Crippen LogP contribution >= 0.6 is 0 Å². The van der Waals surface area contributed by atoms with E-state index < -0.39 is 31.1 Å². The van der Waals surface area contributed by atoms with Gasteiger partial charge < -0.3 is 31.5 Å². The highest BCUT2D eigenvalue weighted by Crippen LogP contribution is 2.33. The molecule has 11 heteroatoms. The van der Waals surface area contributed by atoms with Gasteiger partial charge in [-0.05, 0) is 0 Å². The Balaban J connectivity index is 2.20. The molecule has 11 nitrogen and oxygen atoms in total. The number of rotatable bonds is 2. The normalized spacial score (nSPS) is 28.3. The number of fused-ring (bicyclic) bond motifs is 1. The molecule has 2 aromatic rings. The smallest absolute Gasteiger partial charge is 0.245 e. The summed E-state index contributed by atoms with van der Waals surface area (Å²) in [6.45, 7) is -0.455. The maximum absolute atomic E-state index is 10.1. The molecule has 0 amide bonds. The Morgan fingerprint density at radius 3 is 2.55 bits per heavy atom. The Labute approximate surface area is 123 Å². The zero-order valence-corrected chi connectivity index (χ0v) is 11.3. The minimum absolute atomic E-state index is 0.0466. The van der Waals surface area contributed by atoms with E-state index in [1.165, 1.54) is 10.9 Å². The fourth-order valence-corrected chi connectivity index (χ4v) is 2.46. The van der Waals surface area contributed by atoms with Crippen LogP contribution in [0.2, 0.25) is 0 Å². The molecule has 3 heterocycles. The lowest BCUT2D eigenvalue weighted by Gasteiger charge is -2.17. The van der Waals surface area contributed by atoms with Crippen molar-refractivity contribution in [1.29, 1.82) is 5.41 Å². The van der Waals surface area contributed by atoms with E-state index in [4.69, 9.17) is 26.7 Å². The number of hydrogen-bond donors (Lipinski definition) is 6. The molecular weight excluding hydrogens is 294 g/mol. The van der Waals surface area contributed by atoms with Gasteiger partial charge in [-0.1, -0.05) is 0 Å². The summed E-state index contributed by atoms with van der Waals surface area (Å²) >= 11 is 0. The summed E-state index contributed by atoms with van der Waals surface area (Å²) in [5.74, 6) is -0.117. The van der Waals surface area contributed by atoms with Crippen molar-refractivity contribution >= 4 is 22.7 Å². The summed E-state index contributed by atoms with van der Waals surface area (Å²) in [5, 5.41) is 36.6. The van der Waals surface area contributed by atoms with Gasteiger partial charge in [0.15, 0.2) is 17.9 Å². The largest absolute Gasteiger partial charge is 0.394 e. The average molecular weight is 309 g/mol. The van der Waals surface area contributed by atoms with Crippen LogP contribution in [0.1, 0.15) is 6.23 Å². The second kappa shape index (κ2) is 5.14. The fourth-order valence-electron chi connectivity index (χ4n) is 2.46. The van der Waals surface area contributed by atoms with Crippen molar-refractivity contribution in [2.75, 3.05) is 18.1 Å². The fraction of sp³-hybridized carbons (Fsp3) is 0.455. The van der Waals surface area contributed by atoms with Gasteiger partial charge >= 0.3 is 0 Å². The summed E-state index contributed by atoms with van der Waals surface area (Å²) in [7, 11) is 0. The number of aliphatic hydroxyl groups is 3. The maximum Gasteiger partial charge on any atom is 0.245 e. The Hall–Kier alpha value is -2.34. The Morgan fingerprint density at radius 2 is 1.91 bits per heavy atom. The number of hydrogen-bond acceptors (Lipinski definition) is 10. The molecule has 1 unspecified atom stereocenters. The minimum Gasteiger partial charge on any atom is -0.394 e. The highest BCUT2D eigenvalue weighted by Gasteiger charge is 2.44. The van der Waals surface area contributed by atoms with Crippen LogP contribution in [0.3, 0.4) is 0 Å². The van der Waals surface area contributed by atoms with Crippen LogP contribution in [-0.2, 0) is 4.74 Å². The molecule has 1 aliphatic rings. The number of aromatic nitrogens is 4. The highest BCUT2D eigenvalue weighted by atomic mass is 16.6. The van der Waals surface area contributed by atoms with Crippen LogP contribution in [0, 0.1) is 5.41 Å². The van der Waals surface area contributed by atoms with Gasteiger partial charge in [-0.3, -0.25) is 9.98 Å². The predicted molar refractivity (Wildman–Crippen MR) is 73.0 cm³/mol. The van der Waals surface area contributed by atoms with E-state index in [1.54, 1.807) is 0 Å². The van der Waals surface area contributed by atoms with Crippen LogP contribution in [-0.4, -0.2) is 59.8 Å². The van der Waals surface area contributed by atoms with E-state index in [9.17, 15) is 10.2 Å². The van der Waals surface area contributed by atoms with Crippen molar-refractivity contribution in [2.24, 2.45) is 0 Å². The second-order valence-electron chi connectivity index (χ2n) is 4.90. The maximum atomic E-state index is 10.1. The van der Waals surface area contributed by atoms with E-state index in [1.807, 2.05) is 0 Å². The second-order valence-corrected chi connectivity index (χ2v) is 4.90. The summed E-state index contributed by atoms with van der Waals surface area (Å²) in [6.07, 6.45) is -3.22. The number of ether oxygens (including phenoxy) is 1. The number of imidazole rings is 1. The molecule has 0 radical (unpaired) electrons. The number of nitrogen functional groups attached to an aromatic ring is 2. The quantitative estimate of drug-likeness (QED) is 0.337. The van der Waals surface area contributed by atoms with Gasteiger partial charge in [-0.15, -0.1) is 0 Å². The molecule has 0 bridgehead atoms. The molecule has 118 valence electrons. The topological polar surface area (TPSA) is 189 Å². The summed E-state index contributed by atoms with van der Waals surface area (Å²) in [4.78, 5) is 11.5. The van der Waals surface area contributed by atoms with Crippen LogP contribution in [0.4, 0.5) is 11.6 Å². The van der Waals surface area contributed by atoms with Crippen molar-refractivity contribution < 1.29 is 20.1 Å². The highest BCUT2D eigenvalue weighted by molar-refractivity contribution is 5.90. The van der Waals surface area contributed by atoms with Gasteiger partial charge in [-0.2, -0.15) is 9.97 Å². The summed E-state index contributed by atoms with van der Waals surface area (Å²) in [5.41, 5.74) is 11.6. The first-order valence-electron chi connectivity index (χ1n) is 6.41. The zero-order valence-electron chi connectivity index (χ0n) is 11.3. The van der Waals surface area contributed by atoms with Gasteiger partial charge in [0.2, 0.25) is 5.62 Å². The monoisotopic (exact) mass is 309 g/mol. The van der Waals surface area contributed by atoms with Gasteiger partial charge in [0.25, 0.3) is 0 Å². The van der Waals surface area contributed by atoms with Gasteiger partial charge in [0, 0.05) is 0 Å². The molecule has 8 N–H and O–H groups in total. The number of anilines is 2. The summed E-state index contributed by atoms with van der Waals surface area (Å²) in [6, 6.07) is 0. The van der Waals surface area contributed by atoms with Crippen molar-refractivity contribution in [3.63, 3.8) is 0 Å². The molecule has 1 fully saturated rings. The third-order valence-electron chi connectivity index (χ3n) is 3.52. The molecule has 1 aliphatic heterocycles. The van der Waals surface area contributed by atoms with Gasteiger partial charge in [0.05, 0.1) is 12.9 Å². The van der Waals surface area contributed by atoms with Crippen LogP contribution < -0.4 is 17.1 Å². The first-order valence-corrected chi connectivity index (χ1v) is 6.41. The van der Waals surface area contributed by atoms with Crippen molar-refractivity contribution in [3.05, 3.63) is 11.9 Å². The number of nitrogens with two attached hydrogens (primary N) is 2. The lowest BCUT2D eigenvalue weighted by Crippen LogP contribution is -2.33. The third kappa shape index (κ3) is 2.07. The van der Waals surface area contributed by atoms with E-state index in [2.05, 4.69) is 15.0 Å². The molecule has 1 saturated heterocycles. The lowest BCUT2D eigenvalue weighted by atomic mass is 10.1. The minimum atomic E-state index is -1.30. The molecule has 0 aromatic carbocycles. The van der Waals surface area contributed by atoms with Crippen molar-refractivity contribution in [2.45, 2.75) is 24.5 Å². The standard InChI is InChI=1S/C11H15N7O4/c12-8-4-5(9(13)17-11(14)16-8)18(2-15-4)10-7(21)6(20)3(1-19)22-10/h2-3,6-7,10,19-21H,1H2,(H5,12,13,14,16,17)/t3-,6-,7-,10?/m1/s1.